The first-order chi connectivity index (χ1) is 5.66. The fourth-order valence-corrected chi connectivity index (χ4v) is 1.84. The van der Waals surface area contributed by atoms with E-state index in [0.717, 1.165) is 9.84 Å². The number of carbonyl (C=O) groups excluding carboxylic acids is 1. The molecule has 0 fully saturated rings. The van der Waals surface area contributed by atoms with Crippen LogP contribution in [0.15, 0.2) is 12.4 Å². The Hall–Kier alpha value is -1.36. The van der Waals surface area contributed by atoms with Crippen LogP contribution in [0.2, 0.25) is 0 Å². The van der Waals surface area contributed by atoms with Gasteiger partial charge in [0.2, 0.25) is 0 Å². The molecule has 62 valence electrons. The smallest absolute Gasteiger partial charge is 0.268 e. The van der Waals surface area contributed by atoms with E-state index in [4.69, 9.17) is 5.73 Å². The van der Waals surface area contributed by atoms with Crippen LogP contribution in [0.1, 0.15) is 15.4 Å². The van der Waals surface area contributed by atoms with E-state index < -0.39 is 5.91 Å². The second-order valence-corrected chi connectivity index (χ2v) is 3.74. The highest BCUT2D eigenvalue weighted by Gasteiger charge is 2.07. The Balaban J connectivity index is 2.64. The zero-order valence-electron chi connectivity index (χ0n) is 6.44. The van der Waals surface area contributed by atoms with Crippen LogP contribution >= 0.6 is 11.3 Å². The van der Waals surface area contributed by atoms with Crippen LogP contribution in [0.4, 0.5) is 0 Å². The van der Waals surface area contributed by atoms with Crippen molar-refractivity contribution in [2.45, 2.75) is 6.92 Å². The van der Waals surface area contributed by atoms with Crippen molar-refractivity contribution < 1.29 is 4.79 Å². The van der Waals surface area contributed by atoms with Crippen LogP contribution < -0.4 is 5.73 Å². The van der Waals surface area contributed by atoms with E-state index in [1.165, 1.54) is 11.3 Å². The molecule has 5 heteroatoms. The molecule has 0 atom stereocenters. The molecule has 0 saturated carbocycles. The van der Waals surface area contributed by atoms with Gasteiger partial charge in [-0.15, -0.1) is 11.3 Å². The van der Waals surface area contributed by atoms with Gasteiger partial charge < -0.3 is 5.73 Å². The standard InChI is InChI=1S/C7H7N3OS/c1-4-2-10-3-5(6(8)11)9-7(10)12-4/h2-3H,1H3,(H2,8,11). The lowest BCUT2D eigenvalue weighted by atomic mass is 10.5. The number of rotatable bonds is 1. The highest BCUT2D eigenvalue weighted by atomic mass is 32.1. The Labute approximate surface area is 72.6 Å². The van der Waals surface area contributed by atoms with Crippen LogP contribution in [-0.4, -0.2) is 15.3 Å². The minimum absolute atomic E-state index is 0.321. The number of amides is 1. The van der Waals surface area contributed by atoms with Gasteiger partial charge in [0.1, 0.15) is 5.69 Å². The van der Waals surface area contributed by atoms with Crippen molar-refractivity contribution in [3.8, 4) is 0 Å². The van der Waals surface area contributed by atoms with Crippen LogP contribution in [0.25, 0.3) is 4.96 Å². The molecule has 0 aliphatic carbocycles. The van der Waals surface area contributed by atoms with Gasteiger partial charge in [0.05, 0.1) is 0 Å². The van der Waals surface area contributed by atoms with E-state index >= 15 is 0 Å². The van der Waals surface area contributed by atoms with Gasteiger partial charge in [-0.3, -0.25) is 9.20 Å². The summed E-state index contributed by atoms with van der Waals surface area (Å²) < 4.78 is 1.81. The van der Waals surface area contributed by atoms with Crippen LogP contribution in [-0.2, 0) is 0 Å². The Morgan fingerprint density at radius 2 is 2.42 bits per heavy atom. The lowest BCUT2D eigenvalue weighted by Gasteiger charge is -1.81. The van der Waals surface area contributed by atoms with E-state index in [1.807, 2.05) is 13.1 Å². The summed E-state index contributed by atoms with van der Waals surface area (Å²) in [7, 11) is 0. The number of aromatic nitrogens is 2. The third kappa shape index (κ3) is 0.984. The zero-order chi connectivity index (χ0) is 8.72. The molecule has 12 heavy (non-hydrogen) atoms. The number of imidazole rings is 1. The van der Waals surface area contributed by atoms with Crippen molar-refractivity contribution in [1.29, 1.82) is 0 Å². The summed E-state index contributed by atoms with van der Waals surface area (Å²) in [6.45, 7) is 1.99. The molecule has 0 radical (unpaired) electrons. The van der Waals surface area contributed by atoms with Gasteiger partial charge in [0, 0.05) is 17.3 Å². The number of thiazole rings is 1. The van der Waals surface area contributed by atoms with E-state index in [-0.39, 0.29) is 0 Å². The van der Waals surface area contributed by atoms with Crippen molar-refractivity contribution in [3.63, 3.8) is 0 Å². The molecule has 2 heterocycles. The molecule has 2 N–H and O–H groups in total. The predicted octanol–water partition coefficient (Wildman–Crippen LogP) is 0.803. The molecular weight excluding hydrogens is 174 g/mol. The van der Waals surface area contributed by atoms with Crippen molar-refractivity contribution in [3.05, 3.63) is 23.0 Å². The van der Waals surface area contributed by atoms with Gasteiger partial charge >= 0.3 is 0 Å². The highest BCUT2D eigenvalue weighted by molar-refractivity contribution is 7.16. The summed E-state index contributed by atoms with van der Waals surface area (Å²) in [6.07, 6.45) is 3.56. The summed E-state index contributed by atoms with van der Waals surface area (Å²) in [4.78, 5) is 16.7. The number of primary amides is 1. The first-order valence-corrected chi connectivity index (χ1v) is 4.23. The Morgan fingerprint density at radius 3 is 3.00 bits per heavy atom. The van der Waals surface area contributed by atoms with Gasteiger partial charge in [-0.1, -0.05) is 0 Å². The van der Waals surface area contributed by atoms with Gasteiger partial charge in [0.15, 0.2) is 4.96 Å². The van der Waals surface area contributed by atoms with E-state index in [1.54, 1.807) is 10.6 Å². The van der Waals surface area contributed by atoms with Gasteiger partial charge in [-0.2, -0.15) is 0 Å². The molecule has 2 aromatic rings. The minimum Gasteiger partial charge on any atom is -0.364 e. The zero-order valence-corrected chi connectivity index (χ0v) is 7.26. The Bertz CT molecular complexity index is 411. The van der Waals surface area contributed by atoms with E-state index in [0.29, 0.717) is 5.69 Å². The molecular formula is C7H7N3OS. The molecule has 4 nitrogen and oxygen atoms in total. The number of nitrogens with zero attached hydrogens (tertiary/aromatic N) is 2. The maximum absolute atomic E-state index is 10.7. The molecule has 0 aliphatic rings. The Kier molecular flexibility index (Phi) is 1.41. The highest BCUT2D eigenvalue weighted by Crippen LogP contribution is 2.16. The number of hydrogen-bond donors (Lipinski definition) is 1. The number of nitrogens with two attached hydrogens (primary N) is 1. The van der Waals surface area contributed by atoms with Crippen molar-refractivity contribution in [1.82, 2.24) is 9.38 Å². The van der Waals surface area contributed by atoms with E-state index in [2.05, 4.69) is 4.98 Å². The largest absolute Gasteiger partial charge is 0.364 e. The quantitative estimate of drug-likeness (QED) is 0.707. The number of hydrogen-bond acceptors (Lipinski definition) is 3. The second kappa shape index (κ2) is 2.31. The molecule has 0 spiro atoms. The first-order valence-electron chi connectivity index (χ1n) is 3.42. The molecule has 1 amide bonds. The normalized spacial score (nSPS) is 10.8. The average Bonchev–Trinajstić information content (AvgIpc) is 2.42. The van der Waals surface area contributed by atoms with Crippen molar-refractivity contribution in [2.75, 3.05) is 0 Å². The number of fused-ring (bicyclic) bond motifs is 1. The van der Waals surface area contributed by atoms with Gasteiger partial charge in [0.25, 0.3) is 5.91 Å². The number of carbonyl (C=O) groups is 1. The monoisotopic (exact) mass is 181 g/mol. The summed E-state index contributed by atoms with van der Waals surface area (Å²) >= 11 is 1.53. The topological polar surface area (TPSA) is 60.4 Å². The van der Waals surface area contributed by atoms with E-state index in [9.17, 15) is 4.79 Å². The van der Waals surface area contributed by atoms with Crippen molar-refractivity contribution in [2.24, 2.45) is 5.73 Å². The van der Waals surface area contributed by atoms with Crippen LogP contribution in [0.5, 0.6) is 0 Å². The second-order valence-electron chi connectivity index (χ2n) is 2.52. The fraction of sp³-hybridized carbons (Fsp3) is 0.143. The van der Waals surface area contributed by atoms with Crippen LogP contribution in [0.3, 0.4) is 0 Å². The molecule has 2 rings (SSSR count). The summed E-state index contributed by atoms with van der Waals surface area (Å²) in [5, 5.41) is 0. The maximum Gasteiger partial charge on any atom is 0.268 e. The Morgan fingerprint density at radius 1 is 1.67 bits per heavy atom. The molecule has 0 bridgehead atoms. The lowest BCUT2D eigenvalue weighted by Crippen LogP contribution is -2.10. The fourth-order valence-electron chi connectivity index (χ4n) is 1.03. The lowest BCUT2D eigenvalue weighted by molar-refractivity contribution is 0.0996. The molecule has 0 unspecified atom stereocenters. The molecule has 0 aromatic carbocycles. The maximum atomic E-state index is 10.7. The minimum atomic E-state index is -0.483. The van der Waals surface area contributed by atoms with Crippen molar-refractivity contribution >= 4 is 22.2 Å². The molecule has 2 aromatic heterocycles. The average molecular weight is 181 g/mol. The SMILES string of the molecule is Cc1cn2cc(C(N)=O)nc2s1. The third-order valence-corrected chi connectivity index (χ3v) is 2.44. The summed E-state index contributed by atoms with van der Waals surface area (Å²) in [5.41, 5.74) is 5.39. The molecule has 0 aliphatic heterocycles. The first kappa shape index (κ1) is 7.30. The summed E-state index contributed by atoms with van der Waals surface area (Å²) in [6, 6.07) is 0. The predicted molar refractivity (Wildman–Crippen MR) is 46.3 cm³/mol. The van der Waals surface area contributed by atoms with Gasteiger partial charge in [-0.25, -0.2) is 4.98 Å². The third-order valence-electron chi connectivity index (χ3n) is 1.52. The summed E-state index contributed by atoms with van der Waals surface area (Å²) in [5.74, 6) is -0.483. The molecule has 0 saturated heterocycles. The van der Waals surface area contributed by atoms with Crippen LogP contribution in [0, 0.1) is 6.92 Å². The van der Waals surface area contributed by atoms with Gasteiger partial charge in [-0.05, 0) is 6.92 Å². The number of aryl methyl sites for hydroxylation is 1.